The van der Waals surface area contributed by atoms with E-state index in [4.69, 9.17) is 0 Å². The first kappa shape index (κ1) is 18.8. The maximum absolute atomic E-state index is 11.4. The number of aliphatic hydroxyl groups is 2. The summed E-state index contributed by atoms with van der Waals surface area (Å²) in [6.45, 7) is 0. The van der Waals surface area contributed by atoms with Crippen molar-refractivity contribution in [2.24, 2.45) is 5.92 Å². The third-order valence-electron chi connectivity index (χ3n) is 3.73. The first-order chi connectivity index (χ1) is 10.6. The highest BCUT2D eigenvalue weighted by atomic mass is 16.4. The summed E-state index contributed by atoms with van der Waals surface area (Å²) in [5.74, 6) is -1.82. The molecule has 0 saturated carbocycles. The molecule has 0 saturated heterocycles. The molecule has 0 aliphatic rings. The zero-order chi connectivity index (χ0) is 15.9. The normalized spacial score (nSPS) is 14.3. The van der Waals surface area contributed by atoms with Crippen molar-refractivity contribution in [2.45, 2.75) is 25.0 Å². The van der Waals surface area contributed by atoms with Gasteiger partial charge in [-0.1, -0.05) is 60.7 Å². The van der Waals surface area contributed by atoms with Crippen molar-refractivity contribution in [3.63, 3.8) is 0 Å². The number of hydrogen-bond donors (Lipinski definition) is 4. The Balaban J connectivity index is 0.00000264. The molecule has 0 radical (unpaired) electrons. The Labute approximate surface area is 135 Å². The van der Waals surface area contributed by atoms with Crippen LogP contribution in [0.5, 0.6) is 0 Å². The Bertz CT molecular complexity index is 541. The van der Waals surface area contributed by atoms with Gasteiger partial charge in [-0.3, -0.25) is 4.79 Å². The molecule has 0 amide bonds. The van der Waals surface area contributed by atoms with E-state index in [1.807, 2.05) is 12.1 Å². The quantitative estimate of drug-likeness (QED) is 0.627. The van der Waals surface area contributed by atoms with Gasteiger partial charge in [-0.05, 0) is 24.0 Å². The lowest BCUT2D eigenvalue weighted by Gasteiger charge is -2.20. The lowest BCUT2D eigenvalue weighted by Crippen LogP contribution is -2.20. The van der Waals surface area contributed by atoms with Gasteiger partial charge >= 0.3 is 5.97 Å². The van der Waals surface area contributed by atoms with Crippen molar-refractivity contribution >= 4 is 5.97 Å². The highest BCUT2D eigenvalue weighted by molar-refractivity contribution is 5.70. The second-order valence-electron chi connectivity index (χ2n) is 5.36. The van der Waals surface area contributed by atoms with E-state index < -0.39 is 24.1 Å². The maximum atomic E-state index is 11.4. The topological polar surface area (TPSA) is 113 Å². The van der Waals surface area contributed by atoms with E-state index in [0.717, 1.165) is 0 Å². The fraction of sp³-hybridized carbons (Fsp3) is 0.278. The Morgan fingerprint density at radius 1 is 0.783 bits per heavy atom. The van der Waals surface area contributed by atoms with Crippen LogP contribution in [0, 0.1) is 5.92 Å². The number of hydrogen-bond acceptors (Lipinski definition) is 4. The minimum atomic E-state index is -1.01. The molecule has 2 aromatic carbocycles. The number of carbonyl (C=O) groups is 1. The monoisotopic (exact) mass is 317 g/mol. The lowest BCUT2D eigenvalue weighted by atomic mass is 9.90. The van der Waals surface area contributed by atoms with Gasteiger partial charge in [0.2, 0.25) is 0 Å². The van der Waals surface area contributed by atoms with Gasteiger partial charge in [0.25, 0.3) is 0 Å². The van der Waals surface area contributed by atoms with Crippen molar-refractivity contribution in [1.82, 2.24) is 6.15 Å². The van der Waals surface area contributed by atoms with Crippen LogP contribution < -0.4 is 6.15 Å². The number of carboxylic acid groups (broad SMARTS) is 1. The third-order valence-corrected chi connectivity index (χ3v) is 3.73. The first-order valence-corrected chi connectivity index (χ1v) is 7.26. The van der Waals surface area contributed by atoms with Gasteiger partial charge in [0.1, 0.15) is 0 Å². The molecular weight excluding hydrogens is 294 g/mol. The third kappa shape index (κ3) is 5.49. The summed E-state index contributed by atoms with van der Waals surface area (Å²) in [7, 11) is 0. The molecule has 0 aliphatic carbocycles. The van der Waals surface area contributed by atoms with Crippen LogP contribution in [0.25, 0.3) is 0 Å². The summed E-state index contributed by atoms with van der Waals surface area (Å²) in [5, 5.41) is 29.7. The Kier molecular flexibility index (Phi) is 7.41. The Hall–Kier alpha value is -2.21. The molecule has 5 heteroatoms. The van der Waals surface area contributed by atoms with Crippen molar-refractivity contribution < 1.29 is 20.1 Å². The van der Waals surface area contributed by atoms with Crippen LogP contribution >= 0.6 is 0 Å². The second-order valence-corrected chi connectivity index (χ2v) is 5.36. The number of rotatable bonds is 7. The van der Waals surface area contributed by atoms with Gasteiger partial charge < -0.3 is 21.5 Å². The predicted molar refractivity (Wildman–Crippen MR) is 88.2 cm³/mol. The zero-order valence-electron chi connectivity index (χ0n) is 12.9. The minimum Gasteiger partial charge on any atom is -0.481 e. The van der Waals surface area contributed by atoms with Gasteiger partial charge in [0.05, 0.1) is 18.1 Å². The Morgan fingerprint density at radius 2 is 1.13 bits per heavy atom. The molecule has 23 heavy (non-hydrogen) atoms. The van der Waals surface area contributed by atoms with Crippen molar-refractivity contribution in [3.05, 3.63) is 71.8 Å². The molecule has 6 N–H and O–H groups in total. The van der Waals surface area contributed by atoms with Crippen LogP contribution in [0.15, 0.2) is 60.7 Å². The summed E-state index contributed by atoms with van der Waals surface area (Å²) in [5.41, 5.74) is 1.37. The van der Waals surface area contributed by atoms with Gasteiger partial charge in [-0.15, -0.1) is 0 Å². The van der Waals surface area contributed by atoms with E-state index in [1.165, 1.54) is 0 Å². The average molecular weight is 317 g/mol. The van der Waals surface area contributed by atoms with Crippen LogP contribution in [-0.2, 0) is 4.79 Å². The largest absolute Gasteiger partial charge is 0.481 e. The molecule has 0 aliphatic heterocycles. The molecule has 2 rings (SSSR count). The fourth-order valence-corrected chi connectivity index (χ4v) is 2.46. The summed E-state index contributed by atoms with van der Waals surface area (Å²) < 4.78 is 0. The average Bonchev–Trinajstić information content (AvgIpc) is 2.55. The molecule has 0 bridgehead atoms. The van der Waals surface area contributed by atoms with Crippen LogP contribution in [0.4, 0.5) is 0 Å². The molecule has 5 nitrogen and oxygen atoms in total. The van der Waals surface area contributed by atoms with Gasteiger partial charge in [-0.2, -0.15) is 0 Å². The van der Waals surface area contributed by atoms with E-state index in [1.54, 1.807) is 48.5 Å². The maximum Gasteiger partial charge on any atom is 0.306 e. The van der Waals surface area contributed by atoms with Crippen LogP contribution in [0.3, 0.4) is 0 Å². The minimum absolute atomic E-state index is 0. The van der Waals surface area contributed by atoms with E-state index in [9.17, 15) is 20.1 Å². The summed E-state index contributed by atoms with van der Waals surface area (Å²) >= 11 is 0. The van der Waals surface area contributed by atoms with Crippen LogP contribution in [0.2, 0.25) is 0 Å². The molecule has 2 unspecified atom stereocenters. The molecular formula is C18H23NO4. The van der Waals surface area contributed by atoms with E-state index in [0.29, 0.717) is 11.1 Å². The van der Waals surface area contributed by atoms with Gasteiger partial charge in [0.15, 0.2) is 0 Å². The van der Waals surface area contributed by atoms with E-state index in [-0.39, 0.29) is 19.0 Å². The standard InChI is InChI=1S/C18H20O4.H3N/c19-16(13-7-3-1-4-8-13)11-15(18(21)22)12-17(20)14-9-5-2-6-10-14;/h1-10,15-17,19-20H,11-12H2,(H,21,22);1H3. The van der Waals surface area contributed by atoms with Crippen LogP contribution in [-0.4, -0.2) is 21.3 Å². The molecule has 0 aromatic heterocycles. The van der Waals surface area contributed by atoms with Crippen molar-refractivity contribution in [1.29, 1.82) is 0 Å². The van der Waals surface area contributed by atoms with Gasteiger partial charge in [-0.25, -0.2) is 0 Å². The fourth-order valence-electron chi connectivity index (χ4n) is 2.46. The number of aliphatic carboxylic acids is 1. The van der Waals surface area contributed by atoms with E-state index >= 15 is 0 Å². The summed E-state index contributed by atoms with van der Waals surface area (Å²) in [6, 6.07) is 17.9. The predicted octanol–water partition coefficient (Wildman–Crippen LogP) is 3.10. The molecule has 0 spiro atoms. The SMILES string of the molecule is N.O=C(O)C(CC(O)c1ccccc1)CC(O)c1ccccc1. The smallest absolute Gasteiger partial charge is 0.306 e. The molecule has 0 fully saturated rings. The van der Waals surface area contributed by atoms with Gasteiger partial charge in [0, 0.05) is 0 Å². The number of aliphatic hydroxyl groups excluding tert-OH is 2. The molecule has 2 atom stereocenters. The van der Waals surface area contributed by atoms with Crippen LogP contribution in [0.1, 0.15) is 36.2 Å². The zero-order valence-corrected chi connectivity index (χ0v) is 12.9. The second kappa shape index (κ2) is 9.05. The lowest BCUT2D eigenvalue weighted by molar-refractivity contribution is -0.144. The summed E-state index contributed by atoms with van der Waals surface area (Å²) in [4.78, 5) is 11.4. The highest BCUT2D eigenvalue weighted by Gasteiger charge is 2.25. The molecule has 0 heterocycles. The van der Waals surface area contributed by atoms with E-state index in [2.05, 4.69) is 0 Å². The highest BCUT2D eigenvalue weighted by Crippen LogP contribution is 2.28. The summed E-state index contributed by atoms with van der Waals surface area (Å²) in [6.07, 6.45) is -1.57. The number of benzene rings is 2. The van der Waals surface area contributed by atoms with Crippen molar-refractivity contribution in [2.75, 3.05) is 0 Å². The number of carboxylic acids is 1. The Morgan fingerprint density at radius 3 is 1.43 bits per heavy atom. The van der Waals surface area contributed by atoms with Crippen molar-refractivity contribution in [3.8, 4) is 0 Å². The first-order valence-electron chi connectivity index (χ1n) is 7.26. The molecule has 124 valence electrons. The molecule has 2 aromatic rings.